The van der Waals surface area contributed by atoms with Gasteiger partial charge in [-0.3, -0.25) is 0 Å². The van der Waals surface area contributed by atoms with Gasteiger partial charge in [-0.2, -0.15) is 0 Å². The fraction of sp³-hybridized carbons (Fsp3) is 0.107. The largest absolute Gasteiger partial charge is 0.456 e. The molecular formula is C56H41NO. The lowest BCUT2D eigenvalue weighted by Gasteiger charge is -2.29. The molecule has 0 bridgehead atoms. The van der Waals surface area contributed by atoms with Crippen LogP contribution in [0.1, 0.15) is 49.9 Å². The van der Waals surface area contributed by atoms with E-state index in [0.717, 1.165) is 28.2 Å². The number of fused-ring (bicyclic) bond motifs is 11. The molecule has 58 heavy (non-hydrogen) atoms. The van der Waals surface area contributed by atoms with Crippen molar-refractivity contribution in [1.82, 2.24) is 0 Å². The lowest BCUT2D eigenvalue weighted by molar-refractivity contribution is 0.658. The molecule has 0 saturated heterocycles. The van der Waals surface area contributed by atoms with Gasteiger partial charge >= 0.3 is 0 Å². The van der Waals surface area contributed by atoms with E-state index in [1.54, 1.807) is 0 Å². The van der Waals surface area contributed by atoms with Crippen molar-refractivity contribution in [3.63, 3.8) is 0 Å². The summed E-state index contributed by atoms with van der Waals surface area (Å²) >= 11 is 0. The Balaban J connectivity index is 1.03. The number of hydrogen-bond acceptors (Lipinski definition) is 2. The van der Waals surface area contributed by atoms with Crippen LogP contribution in [0, 0.1) is 0 Å². The first-order valence-electron chi connectivity index (χ1n) is 20.4. The minimum atomic E-state index is -0.208. The normalized spacial score (nSPS) is 14.5. The van der Waals surface area contributed by atoms with E-state index in [2.05, 4.69) is 202 Å². The van der Waals surface area contributed by atoms with Crippen LogP contribution in [0.25, 0.3) is 76.9 Å². The van der Waals surface area contributed by atoms with E-state index in [0.29, 0.717) is 0 Å². The van der Waals surface area contributed by atoms with Crippen LogP contribution in [0.15, 0.2) is 180 Å². The van der Waals surface area contributed by atoms with Crippen LogP contribution in [0.4, 0.5) is 17.1 Å². The molecule has 2 heteroatoms. The van der Waals surface area contributed by atoms with Gasteiger partial charge in [0.2, 0.25) is 0 Å². The van der Waals surface area contributed by atoms with E-state index in [4.69, 9.17) is 4.42 Å². The summed E-state index contributed by atoms with van der Waals surface area (Å²) < 4.78 is 6.39. The van der Waals surface area contributed by atoms with Crippen molar-refractivity contribution in [2.45, 2.75) is 38.5 Å². The highest BCUT2D eigenvalue weighted by atomic mass is 16.3. The maximum Gasteiger partial charge on any atom is 0.136 e. The fourth-order valence-corrected chi connectivity index (χ4v) is 10.3. The maximum absolute atomic E-state index is 6.39. The van der Waals surface area contributed by atoms with Gasteiger partial charge < -0.3 is 9.32 Å². The van der Waals surface area contributed by atoms with E-state index < -0.39 is 0 Å². The Morgan fingerprint density at radius 1 is 0.345 bits per heavy atom. The lowest BCUT2D eigenvalue weighted by Crippen LogP contribution is -2.16. The van der Waals surface area contributed by atoms with Crippen molar-refractivity contribution in [3.8, 4) is 33.4 Å². The monoisotopic (exact) mass is 743 g/mol. The van der Waals surface area contributed by atoms with Crippen molar-refractivity contribution in [2.24, 2.45) is 0 Å². The van der Waals surface area contributed by atoms with Crippen LogP contribution >= 0.6 is 0 Å². The summed E-state index contributed by atoms with van der Waals surface area (Å²) in [7, 11) is 0. The van der Waals surface area contributed by atoms with E-state index in [-0.39, 0.29) is 10.8 Å². The third-order valence-corrected chi connectivity index (χ3v) is 13.4. The quantitative estimate of drug-likeness (QED) is 0.178. The van der Waals surface area contributed by atoms with Crippen LogP contribution in [0.2, 0.25) is 0 Å². The summed E-state index contributed by atoms with van der Waals surface area (Å²) in [5.41, 5.74) is 18.0. The van der Waals surface area contributed by atoms with Gasteiger partial charge in [-0.05, 0) is 156 Å². The number of anilines is 3. The minimum absolute atomic E-state index is 0.115. The van der Waals surface area contributed by atoms with Crippen molar-refractivity contribution in [2.75, 3.05) is 4.90 Å². The molecule has 0 N–H and O–H groups in total. The Morgan fingerprint density at radius 3 is 1.71 bits per heavy atom. The highest BCUT2D eigenvalue weighted by Crippen LogP contribution is 2.54. The molecule has 9 aromatic carbocycles. The first-order valence-corrected chi connectivity index (χ1v) is 20.4. The van der Waals surface area contributed by atoms with Crippen LogP contribution in [-0.4, -0.2) is 0 Å². The SMILES string of the molecule is CC1(C)c2cc3ccccc3cc2-c2cc3ccc(N(c4cccc(-c5ccccc5)c4)c4ccc5c(c4)C(C)(C)c4cc6c(cc4-5)oc4ccccc46)cc3cc21. The summed E-state index contributed by atoms with van der Waals surface area (Å²) in [6.45, 7) is 9.51. The molecule has 0 aliphatic heterocycles. The molecule has 0 amide bonds. The van der Waals surface area contributed by atoms with Crippen molar-refractivity contribution >= 4 is 60.5 Å². The van der Waals surface area contributed by atoms with E-state index in [1.165, 1.54) is 88.0 Å². The van der Waals surface area contributed by atoms with Crippen molar-refractivity contribution < 1.29 is 4.42 Å². The Labute approximate surface area is 338 Å². The molecule has 1 heterocycles. The number of furan rings is 1. The Morgan fingerprint density at radius 2 is 0.914 bits per heavy atom. The molecule has 0 unspecified atom stereocenters. The highest BCUT2D eigenvalue weighted by Gasteiger charge is 2.38. The van der Waals surface area contributed by atoms with Crippen LogP contribution < -0.4 is 4.90 Å². The second kappa shape index (κ2) is 11.8. The van der Waals surface area contributed by atoms with E-state index in [9.17, 15) is 0 Å². The average molecular weight is 744 g/mol. The zero-order valence-electron chi connectivity index (χ0n) is 33.1. The van der Waals surface area contributed by atoms with Crippen molar-refractivity contribution in [3.05, 3.63) is 198 Å². The molecule has 0 fully saturated rings. The summed E-state index contributed by atoms with van der Waals surface area (Å²) in [6.07, 6.45) is 0. The van der Waals surface area contributed by atoms with Gasteiger partial charge in [0.15, 0.2) is 0 Å². The zero-order valence-corrected chi connectivity index (χ0v) is 33.1. The fourth-order valence-electron chi connectivity index (χ4n) is 10.3. The molecule has 2 nitrogen and oxygen atoms in total. The summed E-state index contributed by atoms with van der Waals surface area (Å²) in [6, 6.07) is 65.2. The predicted molar refractivity (Wildman–Crippen MR) is 244 cm³/mol. The van der Waals surface area contributed by atoms with E-state index in [1.807, 2.05) is 6.07 Å². The number of para-hydroxylation sites is 1. The van der Waals surface area contributed by atoms with Crippen LogP contribution in [-0.2, 0) is 10.8 Å². The second-order valence-electron chi connectivity index (χ2n) is 17.4. The third kappa shape index (κ3) is 4.72. The zero-order chi connectivity index (χ0) is 38.9. The number of benzene rings is 9. The van der Waals surface area contributed by atoms with Crippen molar-refractivity contribution in [1.29, 1.82) is 0 Å². The Bertz CT molecular complexity index is 3350. The standard InChI is InChI=1S/C56H41NO/c1-55(2)49-29-37-16-9-8-15-36(37)27-45(49)46-28-38-21-22-41(26-39(38)30-50(46)55)57(40-18-12-17-35(25-40)34-13-6-5-7-14-34)42-23-24-43-47-33-54-48(44-19-10-11-20-53(44)58-54)32-52(47)56(3,4)51(43)31-42/h5-33H,1-4H3. The molecule has 12 rings (SSSR count). The van der Waals surface area contributed by atoms with Gasteiger partial charge in [-0.15, -0.1) is 0 Å². The summed E-state index contributed by atoms with van der Waals surface area (Å²) in [5.74, 6) is 0. The Hall–Kier alpha value is -6.90. The van der Waals surface area contributed by atoms with Gasteiger partial charge in [0.1, 0.15) is 11.2 Å². The average Bonchev–Trinajstić information content (AvgIpc) is 3.80. The molecule has 1 aromatic heterocycles. The van der Waals surface area contributed by atoms with Gasteiger partial charge in [-0.1, -0.05) is 125 Å². The molecule has 2 aliphatic carbocycles. The number of rotatable bonds is 4. The van der Waals surface area contributed by atoms with Gasteiger partial charge in [0, 0.05) is 38.7 Å². The van der Waals surface area contributed by atoms with Gasteiger partial charge in [0.05, 0.1) is 0 Å². The minimum Gasteiger partial charge on any atom is -0.456 e. The molecule has 10 aromatic rings. The number of nitrogens with zero attached hydrogens (tertiary/aromatic N) is 1. The third-order valence-electron chi connectivity index (χ3n) is 13.4. The predicted octanol–water partition coefficient (Wildman–Crippen LogP) is 15.6. The molecule has 2 aliphatic rings. The molecular weight excluding hydrogens is 703 g/mol. The number of hydrogen-bond donors (Lipinski definition) is 0. The maximum atomic E-state index is 6.39. The molecule has 0 saturated carbocycles. The smallest absolute Gasteiger partial charge is 0.136 e. The lowest BCUT2D eigenvalue weighted by atomic mass is 9.81. The van der Waals surface area contributed by atoms with E-state index >= 15 is 0 Å². The molecule has 0 atom stereocenters. The van der Waals surface area contributed by atoms with Crippen LogP contribution in [0.3, 0.4) is 0 Å². The van der Waals surface area contributed by atoms with Crippen LogP contribution in [0.5, 0.6) is 0 Å². The molecule has 276 valence electrons. The molecule has 0 radical (unpaired) electrons. The summed E-state index contributed by atoms with van der Waals surface area (Å²) in [5, 5.41) is 7.42. The highest BCUT2D eigenvalue weighted by molar-refractivity contribution is 6.08. The van der Waals surface area contributed by atoms with Gasteiger partial charge in [0.25, 0.3) is 0 Å². The first-order chi connectivity index (χ1) is 28.2. The molecule has 0 spiro atoms. The van der Waals surface area contributed by atoms with Gasteiger partial charge in [-0.25, -0.2) is 0 Å². The first kappa shape index (κ1) is 33.3. The topological polar surface area (TPSA) is 16.4 Å². The summed E-state index contributed by atoms with van der Waals surface area (Å²) in [4.78, 5) is 2.45. The second-order valence-corrected chi connectivity index (χ2v) is 17.4. The Kier molecular flexibility index (Phi) is 6.78.